The summed E-state index contributed by atoms with van der Waals surface area (Å²) in [7, 11) is 0. The van der Waals surface area contributed by atoms with E-state index in [2.05, 4.69) is 29.5 Å². The number of rotatable bonds is 7. The van der Waals surface area contributed by atoms with Crippen LogP contribution in [0.3, 0.4) is 0 Å². The van der Waals surface area contributed by atoms with Gasteiger partial charge in [0.2, 0.25) is 0 Å². The van der Waals surface area contributed by atoms with Crippen molar-refractivity contribution in [2.45, 2.75) is 58.4 Å². The molecule has 2 rings (SSSR count). The number of halogens is 1. The first-order valence-electron chi connectivity index (χ1n) is 8.40. The second kappa shape index (κ2) is 10.6. The van der Waals surface area contributed by atoms with Gasteiger partial charge in [-0.2, -0.15) is 0 Å². The van der Waals surface area contributed by atoms with Gasteiger partial charge in [0.25, 0.3) is 0 Å². The fraction of sp³-hybridized carbons (Fsp3) is 0.938. The maximum absolute atomic E-state index is 5.63. The van der Waals surface area contributed by atoms with Gasteiger partial charge in [-0.05, 0) is 57.3 Å². The summed E-state index contributed by atoms with van der Waals surface area (Å²) in [5, 5.41) is 6.91. The summed E-state index contributed by atoms with van der Waals surface area (Å²) in [6, 6.07) is 0.594. The fourth-order valence-corrected chi connectivity index (χ4v) is 2.67. The third-order valence-corrected chi connectivity index (χ3v) is 4.26. The molecular formula is C16H32IN3O. The SMILES string of the molecule is CCNC(=NCCOCC1CC1)NC1CCC(C)CC1.I. The van der Waals surface area contributed by atoms with Crippen molar-refractivity contribution < 1.29 is 4.74 Å². The number of hydrogen-bond acceptors (Lipinski definition) is 2. The maximum Gasteiger partial charge on any atom is 0.191 e. The highest BCUT2D eigenvalue weighted by atomic mass is 127. The van der Waals surface area contributed by atoms with Gasteiger partial charge in [-0.1, -0.05) is 6.92 Å². The summed E-state index contributed by atoms with van der Waals surface area (Å²) in [6.45, 7) is 7.81. The molecule has 0 saturated heterocycles. The van der Waals surface area contributed by atoms with E-state index in [1.807, 2.05) is 0 Å². The van der Waals surface area contributed by atoms with Crippen molar-refractivity contribution in [1.82, 2.24) is 10.6 Å². The first kappa shape index (κ1) is 19.0. The van der Waals surface area contributed by atoms with Crippen molar-refractivity contribution >= 4 is 29.9 Å². The standard InChI is InChI=1S/C16H31N3O.HI/c1-3-17-16(18-10-11-20-12-14-6-7-14)19-15-8-4-13(2)5-9-15;/h13-15H,3-12H2,1-2H3,(H2,17,18,19);1H. The number of aliphatic imine (C=N–C) groups is 1. The Kier molecular flexibility index (Phi) is 9.64. The zero-order valence-electron chi connectivity index (χ0n) is 13.6. The van der Waals surface area contributed by atoms with Crippen LogP contribution in [-0.2, 0) is 4.74 Å². The highest BCUT2D eigenvalue weighted by Crippen LogP contribution is 2.28. The minimum atomic E-state index is 0. The Balaban J connectivity index is 0.00000220. The van der Waals surface area contributed by atoms with Gasteiger partial charge in [0.15, 0.2) is 5.96 Å². The molecule has 0 unspecified atom stereocenters. The van der Waals surface area contributed by atoms with E-state index in [9.17, 15) is 0 Å². The lowest BCUT2D eigenvalue weighted by Crippen LogP contribution is -2.44. The number of nitrogens with zero attached hydrogens (tertiary/aromatic N) is 1. The van der Waals surface area contributed by atoms with E-state index in [-0.39, 0.29) is 24.0 Å². The Morgan fingerprint density at radius 1 is 1.14 bits per heavy atom. The first-order valence-corrected chi connectivity index (χ1v) is 8.40. The molecule has 5 heteroatoms. The molecule has 0 aromatic rings. The third-order valence-electron chi connectivity index (χ3n) is 4.26. The second-order valence-electron chi connectivity index (χ2n) is 6.38. The molecule has 2 fully saturated rings. The molecule has 0 aliphatic heterocycles. The predicted octanol–water partition coefficient (Wildman–Crippen LogP) is 3.16. The van der Waals surface area contributed by atoms with E-state index >= 15 is 0 Å². The molecule has 0 bridgehead atoms. The molecule has 0 aromatic carbocycles. The van der Waals surface area contributed by atoms with Crippen LogP contribution in [-0.4, -0.2) is 38.3 Å². The molecule has 2 N–H and O–H groups in total. The number of nitrogens with one attached hydrogen (secondary N) is 2. The largest absolute Gasteiger partial charge is 0.379 e. The summed E-state index contributed by atoms with van der Waals surface area (Å²) < 4.78 is 5.63. The minimum Gasteiger partial charge on any atom is -0.379 e. The molecule has 0 heterocycles. The quantitative estimate of drug-likeness (QED) is 0.294. The molecule has 124 valence electrons. The molecule has 2 aliphatic rings. The average molecular weight is 409 g/mol. The molecule has 2 aliphatic carbocycles. The van der Waals surface area contributed by atoms with Crippen molar-refractivity contribution in [3.05, 3.63) is 0 Å². The molecule has 0 aromatic heterocycles. The summed E-state index contributed by atoms with van der Waals surface area (Å²) in [5.41, 5.74) is 0. The Morgan fingerprint density at radius 3 is 2.48 bits per heavy atom. The molecule has 21 heavy (non-hydrogen) atoms. The predicted molar refractivity (Wildman–Crippen MR) is 99.5 cm³/mol. The molecular weight excluding hydrogens is 377 g/mol. The van der Waals surface area contributed by atoms with Crippen LogP contribution in [0.5, 0.6) is 0 Å². The van der Waals surface area contributed by atoms with Crippen LogP contribution in [0.1, 0.15) is 52.4 Å². The zero-order chi connectivity index (χ0) is 14.2. The lowest BCUT2D eigenvalue weighted by atomic mass is 9.87. The number of ether oxygens (including phenoxy) is 1. The van der Waals surface area contributed by atoms with Gasteiger partial charge in [-0.25, -0.2) is 0 Å². The highest BCUT2D eigenvalue weighted by molar-refractivity contribution is 14.0. The van der Waals surface area contributed by atoms with Crippen molar-refractivity contribution in [3.63, 3.8) is 0 Å². The second-order valence-corrected chi connectivity index (χ2v) is 6.38. The summed E-state index contributed by atoms with van der Waals surface area (Å²) in [5.74, 6) is 2.69. The van der Waals surface area contributed by atoms with Crippen molar-refractivity contribution in [2.24, 2.45) is 16.8 Å². The Morgan fingerprint density at radius 2 is 1.86 bits per heavy atom. The number of guanidine groups is 1. The van der Waals surface area contributed by atoms with Gasteiger partial charge in [-0.15, -0.1) is 24.0 Å². The molecule has 4 nitrogen and oxygen atoms in total. The van der Waals surface area contributed by atoms with E-state index in [1.54, 1.807) is 0 Å². The van der Waals surface area contributed by atoms with Crippen LogP contribution in [0.4, 0.5) is 0 Å². The van der Waals surface area contributed by atoms with Crippen LogP contribution in [0.25, 0.3) is 0 Å². The van der Waals surface area contributed by atoms with Crippen LogP contribution < -0.4 is 10.6 Å². The van der Waals surface area contributed by atoms with Gasteiger partial charge in [0, 0.05) is 19.2 Å². The van der Waals surface area contributed by atoms with E-state index in [0.717, 1.165) is 44.1 Å². The molecule has 2 saturated carbocycles. The molecule has 0 spiro atoms. The fourth-order valence-electron chi connectivity index (χ4n) is 2.67. The minimum absolute atomic E-state index is 0. The Bertz CT molecular complexity index is 300. The highest BCUT2D eigenvalue weighted by Gasteiger charge is 2.21. The normalized spacial score (nSPS) is 26.1. The van der Waals surface area contributed by atoms with Gasteiger partial charge in [-0.3, -0.25) is 4.99 Å². The third kappa shape index (κ3) is 8.24. The Hall–Kier alpha value is -0.0400. The lowest BCUT2D eigenvalue weighted by molar-refractivity contribution is 0.131. The monoisotopic (exact) mass is 409 g/mol. The maximum atomic E-state index is 5.63. The van der Waals surface area contributed by atoms with Crippen LogP contribution >= 0.6 is 24.0 Å². The van der Waals surface area contributed by atoms with Crippen LogP contribution in [0, 0.1) is 11.8 Å². The zero-order valence-corrected chi connectivity index (χ0v) is 15.9. The van der Waals surface area contributed by atoms with Gasteiger partial charge < -0.3 is 15.4 Å². The van der Waals surface area contributed by atoms with E-state index < -0.39 is 0 Å². The van der Waals surface area contributed by atoms with Crippen LogP contribution in [0.2, 0.25) is 0 Å². The summed E-state index contributed by atoms with van der Waals surface area (Å²) >= 11 is 0. The van der Waals surface area contributed by atoms with E-state index in [4.69, 9.17) is 4.74 Å². The topological polar surface area (TPSA) is 45.7 Å². The first-order chi connectivity index (χ1) is 9.78. The molecule has 0 atom stereocenters. The lowest BCUT2D eigenvalue weighted by Gasteiger charge is -2.28. The molecule has 0 amide bonds. The van der Waals surface area contributed by atoms with Gasteiger partial charge in [0.1, 0.15) is 0 Å². The van der Waals surface area contributed by atoms with Crippen molar-refractivity contribution in [2.75, 3.05) is 26.3 Å². The summed E-state index contributed by atoms with van der Waals surface area (Å²) in [4.78, 5) is 4.61. The van der Waals surface area contributed by atoms with Gasteiger partial charge in [0.05, 0.1) is 13.2 Å². The van der Waals surface area contributed by atoms with E-state index in [0.29, 0.717) is 6.04 Å². The van der Waals surface area contributed by atoms with Crippen LogP contribution in [0.15, 0.2) is 4.99 Å². The van der Waals surface area contributed by atoms with Gasteiger partial charge >= 0.3 is 0 Å². The molecule has 0 radical (unpaired) electrons. The smallest absolute Gasteiger partial charge is 0.191 e. The Labute approximate surface area is 146 Å². The van der Waals surface area contributed by atoms with E-state index in [1.165, 1.54) is 38.5 Å². The summed E-state index contributed by atoms with van der Waals surface area (Å²) in [6.07, 6.45) is 7.91. The van der Waals surface area contributed by atoms with Crippen molar-refractivity contribution in [1.29, 1.82) is 0 Å². The average Bonchev–Trinajstić information content (AvgIpc) is 3.25. The number of hydrogen-bond donors (Lipinski definition) is 2. The van der Waals surface area contributed by atoms with Crippen molar-refractivity contribution in [3.8, 4) is 0 Å².